The van der Waals surface area contributed by atoms with Crippen LogP contribution < -0.4 is 5.56 Å². The third kappa shape index (κ3) is 2.80. The molecule has 1 aromatic heterocycles. The van der Waals surface area contributed by atoms with E-state index >= 15 is 0 Å². The number of ether oxygens (including phenoxy) is 1. The first kappa shape index (κ1) is 14.9. The van der Waals surface area contributed by atoms with Gasteiger partial charge in [0.1, 0.15) is 4.47 Å². The first-order chi connectivity index (χ1) is 9.61. The summed E-state index contributed by atoms with van der Waals surface area (Å²) in [5.41, 5.74) is -0.142. The highest BCUT2D eigenvalue weighted by Gasteiger charge is 2.39. The van der Waals surface area contributed by atoms with Crippen molar-refractivity contribution in [1.29, 1.82) is 0 Å². The van der Waals surface area contributed by atoms with Gasteiger partial charge in [-0.1, -0.05) is 11.6 Å². The van der Waals surface area contributed by atoms with E-state index in [-0.39, 0.29) is 22.4 Å². The minimum atomic E-state index is -0.0998. The third-order valence-electron chi connectivity index (χ3n) is 4.16. The van der Waals surface area contributed by atoms with Crippen LogP contribution in [-0.2, 0) is 4.74 Å². The van der Waals surface area contributed by atoms with Crippen LogP contribution in [0.5, 0.6) is 0 Å². The Morgan fingerprint density at radius 2 is 2.25 bits per heavy atom. The monoisotopic (exact) mass is 378 g/mol. The van der Waals surface area contributed by atoms with Crippen molar-refractivity contribution in [2.45, 2.75) is 37.3 Å². The first-order valence-corrected chi connectivity index (χ1v) is 9.08. The molecule has 1 atom stereocenters. The summed E-state index contributed by atoms with van der Waals surface area (Å²) >= 11 is 11.1. The molecule has 0 amide bonds. The molecule has 110 valence electrons. The molecule has 3 heterocycles. The van der Waals surface area contributed by atoms with Gasteiger partial charge in [0.2, 0.25) is 0 Å². The zero-order valence-electron chi connectivity index (χ0n) is 11.0. The summed E-state index contributed by atoms with van der Waals surface area (Å²) < 4.78 is 8.12. The maximum atomic E-state index is 12.3. The fraction of sp³-hybridized carbons (Fsp3) is 0.692. The molecule has 2 fully saturated rings. The van der Waals surface area contributed by atoms with Gasteiger partial charge in [-0.15, -0.1) is 0 Å². The summed E-state index contributed by atoms with van der Waals surface area (Å²) in [4.78, 5) is 16.4. The third-order valence-corrected chi connectivity index (χ3v) is 6.38. The molecule has 0 N–H and O–H groups in total. The minimum Gasteiger partial charge on any atom is -0.375 e. The van der Waals surface area contributed by atoms with Crippen molar-refractivity contribution in [3.63, 3.8) is 0 Å². The second kappa shape index (κ2) is 5.99. The highest BCUT2D eigenvalue weighted by Crippen LogP contribution is 2.41. The van der Waals surface area contributed by atoms with Crippen LogP contribution in [0.4, 0.5) is 0 Å². The van der Waals surface area contributed by atoms with E-state index in [4.69, 9.17) is 16.3 Å². The lowest BCUT2D eigenvalue weighted by Gasteiger charge is -2.43. The Morgan fingerprint density at radius 3 is 3.00 bits per heavy atom. The van der Waals surface area contributed by atoms with Crippen molar-refractivity contribution in [3.8, 4) is 0 Å². The average molecular weight is 380 g/mol. The van der Waals surface area contributed by atoms with Crippen molar-refractivity contribution in [2.75, 3.05) is 18.1 Å². The number of nitrogens with zero attached hydrogens (tertiary/aromatic N) is 2. The summed E-state index contributed by atoms with van der Waals surface area (Å²) in [6.07, 6.45) is 5.46. The molecule has 1 aromatic rings. The second-order valence-electron chi connectivity index (χ2n) is 5.35. The summed E-state index contributed by atoms with van der Waals surface area (Å²) in [6, 6.07) is 0.153. The number of hydrogen-bond donors (Lipinski definition) is 0. The Bertz CT molecular complexity index is 554. The minimum absolute atomic E-state index is 0.0419. The van der Waals surface area contributed by atoms with E-state index in [1.807, 2.05) is 11.8 Å². The zero-order valence-corrected chi connectivity index (χ0v) is 14.1. The Balaban J connectivity index is 1.87. The van der Waals surface area contributed by atoms with E-state index in [9.17, 15) is 4.79 Å². The quantitative estimate of drug-likeness (QED) is 0.702. The number of hydrogen-bond acceptors (Lipinski definition) is 4. The highest BCUT2D eigenvalue weighted by molar-refractivity contribution is 9.10. The SMILES string of the molecule is O=c1c(Br)c(Cl)ncn1C1CCOC2(CCSCC2)C1. The lowest BCUT2D eigenvalue weighted by atomic mass is 9.85. The molecular formula is C13H16BrClN2O2S. The van der Waals surface area contributed by atoms with Crippen LogP contribution in [0.1, 0.15) is 31.7 Å². The molecule has 1 unspecified atom stereocenters. The van der Waals surface area contributed by atoms with E-state index in [1.165, 1.54) is 0 Å². The number of halogens is 2. The number of aromatic nitrogens is 2. The Labute approximate surface area is 135 Å². The van der Waals surface area contributed by atoms with Crippen molar-refractivity contribution in [1.82, 2.24) is 9.55 Å². The van der Waals surface area contributed by atoms with Gasteiger partial charge >= 0.3 is 0 Å². The largest absolute Gasteiger partial charge is 0.375 e. The van der Waals surface area contributed by atoms with Crippen molar-refractivity contribution in [2.24, 2.45) is 0 Å². The molecule has 2 aliphatic rings. The summed E-state index contributed by atoms with van der Waals surface area (Å²) in [7, 11) is 0. The van der Waals surface area contributed by atoms with Gasteiger partial charge in [0, 0.05) is 12.6 Å². The molecule has 0 radical (unpaired) electrons. The van der Waals surface area contributed by atoms with Crippen molar-refractivity contribution >= 4 is 39.3 Å². The Morgan fingerprint density at radius 1 is 1.50 bits per heavy atom. The van der Waals surface area contributed by atoms with Crippen LogP contribution in [-0.4, -0.2) is 33.3 Å². The fourth-order valence-electron chi connectivity index (χ4n) is 3.01. The van der Waals surface area contributed by atoms with Crippen LogP contribution in [0, 0.1) is 0 Å². The van der Waals surface area contributed by atoms with Gasteiger partial charge < -0.3 is 4.74 Å². The first-order valence-electron chi connectivity index (χ1n) is 6.75. The molecule has 20 heavy (non-hydrogen) atoms. The fourth-order valence-corrected chi connectivity index (χ4v) is 4.68. The smallest absolute Gasteiger partial charge is 0.269 e. The molecule has 7 heteroatoms. The predicted octanol–water partition coefficient (Wildman–Crippen LogP) is 3.28. The van der Waals surface area contributed by atoms with Crippen LogP contribution in [0.25, 0.3) is 0 Å². The van der Waals surface area contributed by atoms with Gasteiger partial charge in [-0.3, -0.25) is 9.36 Å². The maximum absolute atomic E-state index is 12.3. The standard InChI is InChI=1S/C13H16BrClN2O2S/c14-10-11(15)16-8-17(12(10)18)9-1-4-19-13(7-9)2-5-20-6-3-13/h8-9H,1-7H2. The van der Waals surface area contributed by atoms with Gasteiger partial charge in [0.25, 0.3) is 5.56 Å². The van der Waals surface area contributed by atoms with Crippen molar-refractivity contribution < 1.29 is 4.74 Å². The van der Waals surface area contributed by atoms with Gasteiger partial charge in [0.05, 0.1) is 11.9 Å². The molecule has 2 saturated heterocycles. The molecule has 3 rings (SSSR count). The average Bonchev–Trinajstić information content (AvgIpc) is 2.46. The van der Waals surface area contributed by atoms with Gasteiger partial charge in [-0.2, -0.15) is 11.8 Å². The molecule has 1 spiro atoms. The van der Waals surface area contributed by atoms with E-state index < -0.39 is 0 Å². The maximum Gasteiger partial charge on any atom is 0.269 e. The molecule has 4 nitrogen and oxygen atoms in total. The normalized spacial score (nSPS) is 25.8. The molecular weight excluding hydrogens is 364 g/mol. The highest BCUT2D eigenvalue weighted by atomic mass is 79.9. The Kier molecular flexibility index (Phi) is 4.45. The van der Waals surface area contributed by atoms with E-state index in [1.54, 1.807) is 10.9 Å². The summed E-state index contributed by atoms with van der Waals surface area (Å²) in [6.45, 7) is 0.710. The zero-order chi connectivity index (χ0) is 14.2. The second-order valence-corrected chi connectivity index (χ2v) is 7.73. The van der Waals surface area contributed by atoms with Crippen molar-refractivity contribution in [3.05, 3.63) is 26.3 Å². The lowest BCUT2D eigenvalue weighted by Crippen LogP contribution is -2.44. The molecule has 0 aliphatic carbocycles. The molecule has 2 aliphatic heterocycles. The Hall–Kier alpha value is -0.0400. The van der Waals surface area contributed by atoms with E-state index in [0.717, 1.165) is 37.2 Å². The summed E-state index contributed by atoms with van der Waals surface area (Å²) in [5, 5.41) is 0.224. The van der Waals surface area contributed by atoms with E-state index in [0.29, 0.717) is 11.1 Å². The van der Waals surface area contributed by atoms with Crippen LogP contribution >= 0.6 is 39.3 Å². The van der Waals surface area contributed by atoms with Crippen LogP contribution in [0.3, 0.4) is 0 Å². The number of thioether (sulfide) groups is 1. The molecule has 0 saturated carbocycles. The van der Waals surface area contributed by atoms with Gasteiger partial charge in [0.15, 0.2) is 5.15 Å². The van der Waals surface area contributed by atoms with Crippen LogP contribution in [0.2, 0.25) is 5.15 Å². The lowest BCUT2D eigenvalue weighted by molar-refractivity contribution is -0.0993. The van der Waals surface area contributed by atoms with Gasteiger partial charge in [-0.25, -0.2) is 4.98 Å². The van der Waals surface area contributed by atoms with E-state index in [2.05, 4.69) is 20.9 Å². The van der Waals surface area contributed by atoms with Gasteiger partial charge in [-0.05, 0) is 53.1 Å². The molecule has 0 aromatic carbocycles. The molecule has 0 bridgehead atoms. The van der Waals surface area contributed by atoms with Crippen LogP contribution in [0.15, 0.2) is 15.6 Å². The summed E-state index contributed by atoms with van der Waals surface area (Å²) in [5.74, 6) is 2.29. The predicted molar refractivity (Wildman–Crippen MR) is 84.7 cm³/mol. The topological polar surface area (TPSA) is 44.1 Å². The number of rotatable bonds is 1.